The lowest BCUT2D eigenvalue weighted by Gasteiger charge is -2.08. The number of halogens is 3. The predicted octanol–water partition coefficient (Wildman–Crippen LogP) is 4.90. The summed E-state index contributed by atoms with van der Waals surface area (Å²) >= 11 is 1.52. The molecule has 154 valence electrons. The van der Waals surface area contributed by atoms with Gasteiger partial charge in [-0.3, -0.25) is 9.67 Å². The molecule has 0 amide bonds. The molecule has 1 N–H and O–H groups in total. The van der Waals surface area contributed by atoms with E-state index in [1.807, 2.05) is 25.4 Å². The highest BCUT2D eigenvalue weighted by molar-refractivity contribution is 7.18. The molecule has 0 fully saturated rings. The fourth-order valence-corrected chi connectivity index (χ4v) is 4.05. The van der Waals surface area contributed by atoms with Gasteiger partial charge in [0, 0.05) is 43.3 Å². The van der Waals surface area contributed by atoms with Crippen molar-refractivity contribution in [3.8, 4) is 11.1 Å². The van der Waals surface area contributed by atoms with E-state index in [0.29, 0.717) is 24.1 Å². The molecule has 5 nitrogen and oxygen atoms in total. The number of allylic oxidation sites excluding steroid dienone is 1. The number of nitrogens with zero attached hydrogens (tertiary/aromatic N) is 4. The first-order valence-electron chi connectivity index (χ1n) is 9.11. The van der Waals surface area contributed by atoms with Crippen molar-refractivity contribution in [3.63, 3.8) is 0 Å². The number of likely N-dealkylation sites (N-methyl/N-ethyl adjacent to an activating group) is 1. The SMILES string of the molecule is C=C(Cn1cc(Cc2nc3ccc(-c4cncc(C(F)(F)F)c4)cc3s2)cn1)NC. The Bertz CT molecular complexity index is 1210. The molecule has 0 saturated carbocycles. The van der Waals surface area contributed by atoms with Crippen LogP contribution in [0.15, 0.2) is 61.3 Å². The van der Waals surface area contributed by atoms with Gasteiger partial charge in [0.2, 0.25) is 0 Å². The van der Waals surface area contributed by atoms with Crippen LogP contribution in [-0.4, -0.2) is 26.8 Å². The molecule has 0 spiro atoms. The van der Waals surface area contributed by atoms with Crippen LogP contribution in [-0.2, 0) is 19.1 Å². The number of hydrogen-bond acceptors (Lipinski definition) is 5. The van der Waals surface area contributed by atoms with Gasteiger partial charge in [-0.1, -0.05) is 12.6 Å². The van der Waals surface area contributed by atoms with Gasteiger partial charge >= 0.3 is 6.18 Å². The van der Waals surface area contributed by atoms with Gasteiger partial charge in [0.05, 0.1) is 33.5 Å². The van der Waals surface area contributed by atoms with E-state index in [4.69, 9.17) is 0 Å². The lowest BCUT2D eigenvalue weighted by Crippen LogP contribution is -2.11. The molecule has 0 radical (unpaired) electrons. The number of fused-ring (bicyclic) bond motifs is 1. The maximum Gasteiger partial charge on any atom is 0.417 e. The van der Waals surface area contributed by atoms with Gasteiger partial charge in [-0.25, -0.2) is 4.98 Å². The number of hydrogen-bond donors (Lipinski definition) is 1. The van der Waals surface area contributed by atoms with Gasteiger partial charge in [0.25, 0.3) is 0 Å². The quantitative estimate of drug-likeness (QED) is 0.474. The average Bonchev–Trinajstić information content (AvgIpc) is 3.32. The second-order valence-corrected chi connectivity index (χ2v) is 7.94. The molecule has 0 saturated heterocycles. The zero-order valence-electron chi connectivity index (χ0n) is 16.1. The first-order chi connectivity index (χ1) is 14.3. The highest BCUT2D eigenvalue weighted by Gasteiger charge is 2.31. The number of aromatic nitrogens is 4. The molecular formula is C21H18F3N5S. The first-order valence-corrected chi connectivity index (χ1v) is 9.92. The maximum absolute atomic E-state index is 13.0. The number of thiazole rings is 1. The Hall–Kier alpha value is -3.20. The zero-order valence-corrected chi connectivity index (χ0v) is 16.9. The Morgan fingerprint density at radius 2 is 2.00 bits per heavy atom. The van der Waals surface area contributed by atoms with Crippen LogP contribution < -0.4 is 5.32 Å². The largest absolute Gasteiger partial charge is 0.417 e. The summed E-state index contributed by atoms with van der Waals surface area (Å²) in [6.45, 7) is 4.48. The van der Waals surface area contributed by atoms with Crippen LogP contribution >= 0.6 is 11.3 Å². The third-order valence-electron chi connectivity index (χ3n) is 4.58. The van der Waals surface area contributed by atoms with Gasteiger partial charge in [-0.15, -0.1) is 11.3 Å². The summed E-state index contributed by atoms with van der Waals surface area (Å²) in [5, 5.41) is 8.23. The first kappa shape index (κ1) is 20.1. The summed E-state index contributed by atoms with van der Waals surface area (Å²) in [6, 6.07) is 6.56. The van der Waals surface area contributed by atoms with Crippen molar-refractivity contribution < 1.29 is 13.2 Å². The van der Waals surface area contributed by atoms with Gasteiger partial charge in [-0.2, -0.15) is 18.3 Å². The molecule has 1 aromatic carbocycles. The van der Waals surface area contributed by atoms with Crippen molar-refractivity contribution in [2.45, 2.75) is 19.1 Å². The topological polar surface area (TPSA) is 55.6 Å². The zero-order chi connectivity index (χ0) is 21.3. The van der Waals surface area contributed by atoms with E-state index in [9.17, 15) is 13.2 Å². The maximum atomic E-state index is 13.0. The Morgan fingerprint density at radius 3 is 2.77 bits per heavy atom. The van der Waals surface area contributed by atoms with Crippen LogP contribution in [0.2, 0.25) is 0 Å². The second-order valence-electron chi connectivity index (χ2n) is 6.83. The summed E-state index contributed by atoms with van der Waals surface area (Å²) in [5.74, 6) is 0. The minimum absolute atomic E-state index is 0.424. The van der Waals surface area contributed by atoms with Crippen LogP contribution in [0.25, 0.3) is 21.3 Å². The van der Waals surface area contributed by atoms with Crippen molar-refractivity contribution in [2.75, 3.05) is 7.05 Å². The molecule has 30 heavy (non-hydrogen) atoms. The minimum atomic E-state index is -4.42. The normalized spacial score (nSPS) is 11.7. The summed E-state index contributed by atoms with van der Waals surface area (Å²) in [7, 11) is 1.82. The van der Waals surface area contributed by atoms with Gasteiger partial charge < -0.3 is 5.32 Å². The van der Waals surface area contributed by atoms with Crippen LogP contribution in [0, 0.1) is 0 Å². The van der Waals surface area contributed by atoms with Crippen LogP contribution in [0.1, 0.15) is 16.1 Å². The Labute approximate surface area is 174 Å². The monoisotopic (exact) mass is 429 g/mol. The summed E-state index contributed by atoms with van der Waals surface area (Å²) in [6.07, 6.45) is 2.23. The van der Waals surface area contributed by atoms with Crippen molar-refractivity contribution >= 4 is 21.6 Å². The van der Waals surface area contributed by atoms with Crippen LogP contribution in [0.3, 0.4) is 0 Å². The lowest BCUT2D eigenvalue weighted by molar-refractivity contribution is -0.137. The minimum Gasteiger partial charge on any atom is -0.390 e. The third kappa shape index (κ3) is 4.35. The molecule has 0 aliphatic heterocycles. The predicted molar refractivity (Wildman–Crippen MR) is 111 cm³/mol. The summed E-state index contributed by atoms with van der Waals surface area (Å²) in [4.78, 5) is 8.39. The van der Waals surface area contributed by atoms with Gasteiger partial charge in [-0.05, 0) is 29.3 Å². The molecule has 4 aromatic rings. The Kier molecular flexibility index (Phi) is 5.29. The molecule has 4 rings (SSSR count). The molecule has 0 unspecified atom stereocenters. The van der Waals surface area contributed by atoms with E-state index in [2.05, 4.69) is 27.0 Å². The fourth-order valence-electron chi connectivity index (χ4n) is 3.01. The number of alkyl halides is 3. The standard InChI is InChI=1S/C21H18F3N5S/c1-13(25-2)11-29-12-14(8-27-29)5-20-28-18-4-3-15(7-19(18)30-20)16-6-17(10-26-9-16)21(22,23)24/h3-4,6-10,12,25H,1,5,11H2,2H3. The second kappa shape index (κ2) is 7.91. The highest BCUT2D eigenvalue weighted by atomic mass is 32.1. The third-order valence-corrected chi connectivity index (χ3v) is 5.60. The van der Waals surface area contributed by atoms with Crippen LogP contribution in [0.4, 0.5) is 13.2 Å². The van der Waals surface area contributed by atoms with E-state index in [1.165, 1.54) is 17.5 Å². The molecule has 3 heterocycles. The van der Waals surface area contributed by atoms with Crippen molar-refractivity contribution in [1.82, 2.24) is 25.1 Å². The molecule has 0 aliphatic carbocycles. The van der Waals surface area contributed by atoms with Crippen molar-refractivity contribution in [3.05, 3.63) is 77.5 Å². The van der Waals surface area contributed by atoms with E-state index in [0.717, 1.165) is 38.7 Å². The summed E-state index contributed by atoms with van der Waals surface area (Å²) < 4.78 is 41.6. The van der Waals surface area contributed by atoms with E-state index < -0.39 is 11.7 Å². The van der Waals surface area contributed by atoms with E-state index >= 15 is 0 Å². The van der Waals surface area contributed by atoms with Gasteiger partial charge in [0.15, 0.2) is 0 Å². The van der Waals surface area contributed by atoms with Crippen molar-refractivity contribution in [1.29, 1.82) is 0 Å². The highest BCUT2D eigenvalue weighted by Crippen LogP contribution is 2.33. The number of rotatable bonds is 6. The fraction of sp³-hybridized carbons (Fsp3) is 0.190. The molecule has 0 bridgehead atoms. The number of pyridine rings is 1. The van der Waals surface area contributed by atoms with E-state index in [-0.39, 0.29) is 0 Å². The van der Waals surface area contributed by atoms with Crippen LogP contribution in [0.5, 0.6) is 0 Å². The Morgan fingerprint density at radius 1 is 1.17 bits per heavy atom. The number of nitrogens with one attached hydrogen (secondary N) is 1. The van der Waals surface area contributed by atoms with Gasteiger partial charge in [0.1, 0.15) is 0 Å². The molecule has 0 aliphatic rings. The molecule has 9 heteroatoms. The summed E-state index contributed by atoms with van der Waals surface area (Å²) in [5.41, 5.74) is 3.04. The number of benzene rings is 1. The molecular weight excluding hydrogens is 411 g/mol. The smallest absolute Gasteiger partial charge is 0.390 e. The average molecular weight is 429 g/mol. The van der Waals surface area contributed by atoms with E-state index in [1.54, 1.807) is 16.9 Å². The molecule has 0 atom stereocenters. The van der Waals surface area contributed by atoms with Crippen molar-refractivity contribution in [2.24, 2.45) is 0 Å². The Balaban J connectivity index is 1.57. The molecule has 3 aromatic heterocycles. The lowest BCUT2D eigenvalue weighted by atomic mass is 10.1.